The minimum Gasteiger partial charge on any atom is -0.285 e. The molecule has 0 heterocycles. The van der Waals surface area contributed by atoms with Crippen LogP contribution in [0.2, 0.25) is 0 Å². The van der Waals surface area contributed by atoms with E-state index in [1.54, 1.807) is 19.1 Å². The Morgan fingerprint density at radius 3 is 2.17 bits per heavy atom. The normalized spacial score (nSPS) is 12.5. The summed E-state index contributed by atoms with van der Waals surface area (Å²) >= 11 is 0. The van der Waals surface area contributed by atoms with Crippen LogP contribution in [-0.4, -0.2) is 24.6 Å². The standard InChI is InChI=1S/C16H17FN2O4S/c1-11(19(21)12(2)20)13-3-7-15(8-4-13)18-24(22,23)16-9-5-14(17)6-10-16/h3-11,18,21H,1-2H3. The van der Waals surface area contributed by atoms with E-state index in [2.05, 4.69) is 4.72 Å². The Labute approximate surface area is 139 Å². The first-order valence-corrected chi connectivity index (χ1v) is 8.56. The Hall–Kier alpha value is -2.45. The number of hydroxylamine groups is 2. The third-order valence-electron chi connectivity index (χ3n) is 3.46. The zero-order valence-corrected chi connectivity index (χ0v) is 13.9. The van der Waals surface area contributed by atoms with Gasteiger partial charge >= 0.3 is 0 Å². The second kappa shape index (κ2) is 6.98. The van der Waals surface area contributed by atoms with Gasteiger partial charge in [-0.3, -0.25) is 14.7 Å². The summed E-state index contributed by atoms with van der Waals surface area (Å²) in [6.45, 7) is 2.88. The van der Waals surface area contributed by atoms with Gasteiger partial charge in [0, 0.05) is 12.6 Å². The molecule has 0 aliphatic heterocycles. The number of anilines is 1. The Morgan fingerprint density at radius 1 is 1.12 bits per heavy atom. The molecule has 2 N–H and O–H groups in total. The van der Waals surface area contributed by atoms with Crippen molar-refractivity contribution < 1.29 is 22.8 Å². The van der Waals surface area contributed by atoms with Crippen molar-refractivity contribution in [2.24, 2.45) is 0 Å². The molecule has 1 unspecified atom stereocenters. The summed E-state index contributed by atoms with van der Waals surface area (Å²) in [4.78, 5) is 11.1. The van der Waals surface area contributed by atoms with Gasteiger partial charge in [0.25, 0.3) is 10.0 Å². The molecule has 0 bridgehead atoms. The molecule has 0 aliphatic carbocycles. The molecule has 128 valence electrons. The number of carbonyl (C=O) groups is 1. The number of nitrogens with zero attached hydrogens (tertiary/aromatic N) is 1. The van der Waals surface area contributed by atoms with E-state index in [1.165, 1.54) is 31.2 Å². The van der Waals surface area contributed by atoms with Gasteiger partial charge < -0.3 is 0 Å². The number of hydrogen-bond donors (Lipinski definition) is 2. The lowest BCUT2D eigenvalue weighted by atomic mass is 10.1. The molecule has 0 saturated heterocycles. The largest absolute Gasteiger partial charge is 0.285 e. The molecule has 0 aromatic heterocycles. The Morgan fingerprint density at radius 2 is 1.67 bits per heavy atom. The summed E-state index contributed by atoms with van der Waals surface area (Å²) in [7, 11) is -3.82. The van der Waals surface area contributed by atoms with Gasteiger partial charge in [0.05, 0.1) is 10.9 Å². The summed E-state index contributed by atoms with van der Waals surface area (Å²) in [5.41, 5.74) is 0.944. The second-order valence-corrected chi connectivity index (χ2v) is 6.90. The number of benzene rings is 2. The molecule has 2 aromatic rings. The highest BCUT2D eigenvalue weighted by Gasteiger charge is 2.17. The molecule has 1 amide bonds. The molecule has 0 fully saturated rings. The quantitative estimate of drug-likeness (QED) is 0.640. The molecular formula is C16H17FN2O4S. The number of sulfonamides is 1. The third kappa shape index (κ3) is 4.09. The van der Waals surface area contributed by atoms with Crippen molar-refractivity contribution >= 4 is 21.6 Å². The van der Waals surface area contributed by atoms with Gasteiger partial charge in [0.15, 0.2) is 0 Å². The number of hydrogen-bond acceptors (Lipinski definition) is 4. The second-order valence-electron chi connectivity index (χ2n) is 5.22. The maximum Gasteiger partial charge on any atom is 0.261 e. The average Bonchev–Trinajstić information content (AvgIpc) is 2.54. The van der Waals surface area contributed by atoms with E-state index < -0.39 is 27.8 Å². The van der Waals surface area contributed by atoms with Gasteiger partial charge in [0.1, 0.15) is 5.82 Å². The fraction of sp³-hybridized carbons (Fsp3) is 0.188. The molecule has 2 rings (SSSR count). The Balaban J connectivity index is 2.16. The predicted octanol–water partition coefficient (Wildman–Crippen LogP) is 2.93. The first-order chi connectivity index (χ1) is 11.2. The topological polar surface area (TPSA) is 86.7 Å². The van der Waals surface area contributed by atoms with Gasteiger partial charge in [-0.2, -0.15) is 0 Å². The molecule has 6 nitrogen and oxygen atoms in total. The van der Waals surface area contributed by atoms with E-state index in [1.807, 2.05) is 0 Å². The number of rotatable bonds is 5. The first kappa shape index (κ1) is 17.9. The van der Waals surface area contributed by atoms with Crippen LogP contribution in [-0.2, 0) is 14.8 Å². The van der Waals surface area contributed by atoms with Crippen LogP contribution in [0.4, 0.5) is 10.1 Å². The van der Waals surface area contributed by atoms with Crippen molar-refractivity contribution in [1.82, 2.24) is 5.06 Å². The van der Waals surface area contributed by atoms with Crippen LogP contribution < -0.4 is 4.72 Å². The van der Waals surface area contributed by atoms with Crippen LogP contribution in [0.3, 0.4) is 0 Å². The van der Waals surface area contributed by atoms with Crippen molar-refractivity contribution in [1.29, 1.82) is 0 Å². The molecule has 8 heteroatoms. The van der Waals surface area contributed by atoms with Crippen LogP contribution in [0.1, 0.15) is 25.5 Å². The van der Waals surface area contributed by atoms with Gasteiger partial charge in [-0.05, 0) is 48.9 Å². The van der Waals surface area contributed by atoms with Crippen LogP contribution in [0.25, 0.3) is 0 Å². The van der Waals surface area contributed by atoms with Gasteiger partial charge in [-0.15, -0.1) is 0 Å². The highest BCUT2D eigenvalue weighted by atomic mass is 32.2. The lowest BCUT2D eigenvalue weighted by Crippen LogP contribution is -2.27. The molecule has 0 aliphatic rings. The van der Waals surface area contributed by atoms with E-state index in [0.29, 0.717) is 16.3 Å². The maximum absolute atomic E-state index is 12.9. The van der Waals surface area contributed by atoms with E-state index in [-0.39, 0.29) is 4.90 Å². The Bertz CT molecular complexity index is 820. The highest BCUT2D eigenvalue weighted by Crippen LogP contribution is 2.22. The lowest BCUT2D eigenvalue weighted by molar-refractivity contribution is -0.172. The zero-order chi connectivity index (χ0) is 17.9. The van der Waals surface area contributed by atoms with Gasteiger partial charge in [-0.25, -0.2) is 17.9 Å². The Kier molecular flexibility index (Phi) is 5.20. The van der Waals surface area contributed by atoms with E-state index in [0.717, 1.165) is 12.1 Å². The molecule has 0 spiro atoms. The van der Waals surface area contributed by atoms with E-state index in [4.69, 9.17) is 0 Å². The van der Waals surface area contributed by atoms with Crippen LogP contribution in [0.5, 0.6) is 0 Å². The van der Waals surface area contributed by atoms with E-state index in [9.17, 15) is 22.8 Å². The summed E-state index contributed by atoms with van der Waals surface area (Å²) in [5.74, 6) is -1.02. The van der Waals surface area contributed by atoms with Crippen molar-refractivity contribution in [3.8, 4) is 0 Å². The number of halogens is 1. The summed E-state index contributed by atoms with van der Waals surface area (Å²) in [5, 5.41) is 10.2. The van der Waals surface area contributed by atoms with E-state index >= 15 is 0 Å². The molecule has 0 saturated carbocycles. The van der Waals surface area contributed by atoms with Crippen LogP contribution >= 0.6 is 0 Å². The molecular weight excluding hydrogens is 335 g/mol. The molecule has 24 heavy (non-hydrogen) atoms. The zero-order valence-electron chi connectivity index (χ0n) is 13.1. The fourth-order valence-corrected chi connectivity index (χ4v) is 3.13. The summed E-state index contributed by atoms with van der Waals surface area (Å²) in [6.07, 6.45) is 0. The fourth-order valence-electron chi connectivity index (χ4n) is 2.07. The number of nitrogens with one attached hydrogen (secondary N) is 1. The predicted molar refractivity (Wildman–Crippen MR) is 86.4 cm³/mol. The third-order valence-corrected chi connectivity index (χ3v) is 4.86. The SMILES string of the molecule is CC(=O)N(O)C(C)c1ccc(NS(=O)(=O)c2ccc(F)cc2)cc1. The molecule has 1 atom stereocenters. The van der Waals surface area contributed by atoms with Crippen molar-refractivity contribution in [2.45, 2.75) is 24.8 Å². The smallest absolute Gasteiger partial charge is 0.261 e. The summed E-state index contributed by atoms with van der Waals surface area (Å²) < 4.78 is 39.7. The maximum atomic E-state index is 12.9. The van der Waals surface area contributed by atoms with Gasteiger partial charge in [-0.1, -0.05) is 12.1 Å². The average molecular weight is 352 g/mol. The lowest BCUT2D eigenvalue weighted by Gasteiger charge is -2.21. The van der Waals surface area contributed by atoms with Crippen molar-refractivity contribution in [3.63, 3.8) is 0 Å². The monoisotopic (exact) mass is 352 g/mol. The first-order valence-electron chi connectivity index (χ1n) is 7.08. The van der Waals surface area contributed by atoms with Crippen molar-refractivity contribution in [2.75, 3.05) is 4.72 Å². The number of carbonyl (C=O) groups excluding carboxylic acids is 1. The van der Waals surface area contributed by atoms with Crippen molar-refractivity contribution in [3.05, 3.63) is 59.9 Å². The molecule has 0 radical (unpaired) electrons. The highest BCUT2D eigenvalue weighted by molar-refractivity contribution is 7.92. The molecule has 2 aromatic carbocycles. The number of amides is 1. The van der Waals surface area contributed by atoms with Crippen LogP contribution in [0.15, 0.2) is 53.4 Å². The minimum atomic E-state index is -3.82. The summed E-state index contributed by atoms with van der Waals surface area (Å²) in [6, 6.07) is 10.1. The van der Waals surface area contributed by atoms with Gasteiger partial charge in [0.2, 0.25) is 5.91 Å². The van der Waals surface area contributed by atoms with Crippen LogP contribution in [0, 0.1) is 5.82 Å². The minimum absolute atomic E-state index is 0.0561.